The molecule has 186 valence electrons. The molecule has 0 saturated heterocycles. The maximum Gasteiger partial charge on any atom is 0.416 e. The molecule has 9 heteroatoms. The van der Waals surface area contributed by atoms with Crippen LogP contribution in [0, 0.1) is 5.92 Å². The van der Waals surface area contributed by atoms with Crippen LogP contribution in [0.25, 0.3) is 11.1 Å². The number of hydrogen-bond donors (Lipinski definition) is 2. The molecule has 1 aliphatic heterocycles. The number of benzene rings is 3. The van der Waals surface area contributed by atoms with Crippen molar-refractivity contribution in [3.63, 3.8) is 0 Å². The number of nitrogens with one attached hydrogen (secondary N) is 2. The lowest BCUT2D eigenvalue weighted by molar-refractivity contribution is -0.137. The average Bonchev–Trinajstić information content (AvgIpc) is 2.96. The Morgan fingerprint density at radius 3 is 2.33 bits per heavy atom. The van der Waals surface area contributed by atoms with Crippen LogP contribution in [0.1, 0.15) is 29.7 Å². The van der Waals surface area contributed by atoms with Gasteiger partial charge in [-0.1, -0.05) is 54.6 Å². The number of likely N-dealkylation sites (N-methyl/N-ethyl adjacent to an activating group) is 1. The Balaban J connectivity index is 1.50. The van der Waals surface area contributed by atoms with Crippen LogP contribution in [0.15, 0.2) is 72.8 Å². The number of carbonyl (C=O) groups excluding carboxylic acids is 3. The smallest absolute Gasteiger partial charge is 0.351 e. The highest BCUT2D eigenvalue weighted by atomic mass is 19.4. The fraction of sp³-hybridized carbons (Fsp3) is 0.222. The number of amides is 3. The van der Waals surface area contributed by atoms with E-state index >= 15 is 0 Å². The minimum atomic E-state index is -4.50. The predicted octanol–water partition coefficient (Wildman–Crippen LogP) is 4.46. The van der Waals surface area contributed by atoms with Gasteiger partial charge in [-0.2, -0.15) is 13.2 Å². The summed E-state index contributed by atoms with van der Waals surface area (Å²) in [7, 11) is 1.62. The van der Waals surface area contributed by atoms with Gasteiger partial charge in [-0.15, -0.1) is 0 Å². The van der Waals surface area contributed by atoms with Gasteiger partial charge in [0.25, 0.3) is 5.91 Å². The molecule has 0 unspecified atom stereocenters. The van der Waals surface area contributed by atoms with E-state index in [1.165, 1.54) is 24.0 Å². The third-order valence-corrected chi connectivity index (χ3v) is 6.20. The van der Waals surface area contributed by atoms with Gasteiger partial charge in [-0.05, 0) is 41.8 Å². The molecule has 3 aromatic carbocycles. The van der Waals surface area contributed by atoms with Crippen molar-refractivity contribution in [3.05, 3.63) is 89.5 Å². The molecule has 0 fully saturated rings. The predicted molar refractivity (Wildman–Crippen MR) is 129 cm³/mol. The third-order valence-electron chi connectivity index (χ3n) is 6.20. The van der Waals surface area contributed by atoms with Gasteiger partial charge >= 0.3 is 6.18 Å². The van der Waals surface area contributed by atoms with E-state index in [4.69, 9.17) is 0 Å². The van der Waals surface area contributed by atoms with Crippen LogP contribution in [0.5, 0.6) is 0 Å². The Bertz CT molecular complexity index is 1320. The van der Waals surface area contributed by atoms with Crippen LogP contribution in [-0.2, 0) is 27.1 Å². The lowest BCUT2D eigenvalue weighted by Crippen LogP contribution is -2.45. The number of halogens is 3. The second-order valence-corrected chi connectivity index (χ2v) is 8.58. The van der Waals surface area contributed by atoms with Gasteiger partial charge in [0.1, 0.15) is 12.0 Å². The van der Waals surface area contributed by atoms with Crippen LogP contribution in [0.4, 0.5) is 18.9 Å². The van der Waals surface area contributed by atoms with Crippen molar-refractivity contribution in [3.8, 4) is 11.1 Å². The van der Waals surface area contributed by atoms with Gasteiger partial charge in [0.2, 0.25) is 11.8 Å². The van der Waals surface area contributed by atoms with Crippen molar-refractivity contribution in [2.75, 3.05) is 11.9 Å². The second-order valence-electron chi connectivity index (χ2n) is 8.58. The maximum atomic E-state index is 13.3. The Kier molecular flexibility index (Phi) is 6.83. The molecule has 2 N–H and O–H groups in total. The molecule has 0 bridgehead atoms. The van der Waals surface area contributed by atoms with Gasteiger partial charge in [-0.25, -0.2) is 0 Å². The first-order valence-electron chi connectivity index (χ1n) is 11.3. The molecule has 2 atom stereocenters. The van der Waals surface area contributed by atoms with Crippen molar-refractivity contribution in [1.29, 1.82) is 0 Å². The Morgan fingerprint density at radius 1 is 0.944 bits per heavy atom. The molecule has 1 heterocycles. The van der Waals surface area contributed by atoms with E-state index in [2.05, 4.69) is 10.6 Å². The van der Waals surface area contributed by atoms with E-state index < -0.39 is 35.5 Å². The monoisotopic (exact) mass is 495 g/mol. The number of fused-ring (bicyclic) bond motifs is 3. The molecule has 0 radical (unpaired) electrons. The van der Waals surface area contributed by atoms with E-state index in [0.29, 0.717) is 11.3 Å². The summed E-state index contributed by atoms with van der Waals surface area (Å²) in [4.78, 5) is 40.4. The van der Waals surface area contributed by atoms with Crippen molar-refractivity contribution in [2.24, 2.45) is 5.92 Å². The van der Waals surface area contributed by atoms with Crippen LogP contribution >= 0.6 is 0 Å². The number of hydrogen-bond acceptors (Lipinski definition) is 3. The first-order chi connectivity index (χ1) is 17.1. The summed E-state index contributed by atoms with van der Waals surface area (Å²) in [5.74, 6) is -2.90. The summed E-state index contributed by atoms with van der Waals surface area (Å²) in [6.45, 7) is 1.20. The zero-order valence-electron chi connectivity index (χ0n) is 19.6. The van der Waals surface area contributed by atoms with Crippen molar-refractivity contribution < 1.29 is 27.6 Å². The number of para-hydroxylation sites is 1. The van der Waals surface area contributed by atoms with E-state index in [-0.39, 0.29) is 18.0 Å². The normalized spacial score (nSPS) is 15.9. The molecule has 0 aliphatic carbocycles. The topological polar surface area (TPSA) is 78.5 Å². The lowest BCUT2D eigenvalue weighted by atomic mass is 9.95. The van der Waals surface area contributed by atoms with Gasteiger partial charge in [0.15, 0.2) is 0 Å². The highest BCUT2D eigenvalue weighted by Gasteiger charge is 2.35. The van der Waals surface area contributed by atoms with Gasteiger partial charge in [-0.3, -0.25) is 14.4 Å². The Morgan fingerprint density at radius 2 is 1.61 bits per heavy atom. The van der Waals surface area contributed by atoms with Crippen LogP contribution < -0.4 is 15.5 Å². The largest absolute Gasteiger partial charge is 0.416 e. The van der Waals surface area contributed by atoms with E-state index in [1.54, 1.807) is 19.2 Å². The second kappa shape index (κ2) is 9.85. The van der Waals surface area contributed by atoms with E-state index in [1.807, 2.05) is 36.4 Å². The van der Waals surface area contributed by atoms with Crippen LogP contribution in [-0.4, -0.2) is 24.8 Å². The fourth-order valence-corrected chi connectivity index (χ4v) is 4.16. The zero-order valence-corrected chi connectivity index (χ0v) is 19.6. The van der Waals surface area contributed by atoms with Crippen LogP contribution in [0.2, 0.25) is 0 Å². The Labute approximate surface area is 206 Å². The summed E-state index contributed by atoms with van der Waals surface area (Å²) in [5.41, 5.74) is 2.35. The van der Waals surface area contributed by atoms with E-state index in [0.717, 1.165) is 23.3 Å². The fourth-order valence-electron chi connectivity index (χ4n) is 4.16. The molecule has 6 nitrogen and oxygen atoms in total. The quantitative estimate of drug-likeness (QED) is 0.513. The number of rotatable bonds is 5. The molecule has 0 saturated carbocycles. The van der Waals surface area contributed by atoms with Gasteiger partial charge in [0.05, 0.1) is 11.3 Å². The summed E-state index contributed by atoms with van der Waals surface area (Å²) in [5, 5.41) is 5.20. The third kappa shape index (κ3) is 4.95. The molecule has 3 aromatic rings. The lowest BCUT2D eigenvalue weighted by Gasteiger charge is -2.24. The molecule has 1 aliphatic rings. The zero-order chi connectivity index (χ0) is 26.0. The summed E-state index contributed by atoms with van der Waals surface area (Å²) >= 11 is 0. The number of alkyl halides is 3. The summed E-state index contributed by atoms with van der Waals surface area (Å²) in [6, 6.07) is 18.2. The molecule has 4 rings (SSSR count). The molecular weight excluding hydrogens is 471 g/mol. The number of anilines is 1. The standard InChI is InChI=1S/C27H24F3N3O3/c1-16(24(34)31-15-17-8-7-9-18(14-17)27(28,29)30)25(35)32-23-21-12-4-3-10-19(21)20-11-5-6-13-22(20)33(2)26(23)36/h3-14,16,23H,15H2,1-2H3,(H,31,34)(H,32,35)/t16-,23+/m0/s1. The van der Waals surface area contributed by atoms with Crippen LogP contribution in [0.3, 0.4) is 0 Å². The molecule has 0 spiro atoms. The number of carbonyl (C=O) groups is 3. The minimum Gasteiger partial charge on any atom is -0.351 e. The summed E-state index contributed by atoms with van der Waals surface area (Å²) < 4.78 is 38.8. The van der Waals surface area contributed by atoms with Gasteiger partial charge in [0, 0.05) is 19.2 Å². The minimum absolute atomic E-state index is 0.177. The maximum absolute atomic E-state index is 13.3. The average molecular weight is 496 g/mol. The highest BCUT2D eigenvalue weighted by molar-refractivity contribution is 6.07. The SMILES string of the molecule is C[C@@H](C(=O)NCc1cccc(C(F)(F)F)c1)C(=O)N[C@H]1C(=O)N(C)c2ccccc2-c2ccccc21. The molecular formula is C27H24F3N3O3. The first kappa shape index (κ1) is 25.0. The van der Waals surface area contributed by atoms with Crippen molar-refractivity contribution in [2.45, 2.75) is 25.7 Å². The summed E-state index contributed by atoms with van der Waals surface area (Å²) in [6.07, 6.45) is -4.50. The van der Waals surface area contributed by atoms with Crippen molar-refractivity contribution >= 4 is 23.4 Å². The highest BCUT2D eigenvalue weighted by Crippen LogP contribution is 2.39. The Hall–Kier alpha value is -4.14. The van der Waals surface area contributed by atoms with E-state index in [9.17, 15) is 27.6 Å². The number of nitrogens with zero attached hydrogens (tertiary/aromatic N) is 1. The van der Waals surface area contributed by atoms with Crippen molar-refractivity contribution in [1.82, 2.24) is 10.6 Å². The molecule has 36 heavy (non-hydrogen) atoms. The molecule has 3 amide bonds. The van der Waals surface area contributed by atoms with Gasteiger partial charge < -0.3 is 15.5 Å². The first-order valence-corrected chi connectivity index (χ1v) is 11.3. The molecule has 0 aromatic heterocycles.